The molecule has 0 saturated carbocycles. The zero-order chi connectivity index (χ0) is 35.0. The third kappa shape index (κ3) is 6.76. The monoisotopic (exact) mass is 714 g/mol. The van der Waals surface area contributed by atoms with Crippen molar-refractivity contribution in [3.05, 3.63) is 76.0 Å². The van der Waals surface area contributed by atoms with Crippen LogP contribution in [0.1, 0.15) is 43.9 Å². The number of amides is 2. The average molecular weight is 716 g/mol. The number of nitrogens with zero attached hydrogens (tertiary/aromatic N) is 5. The van der Waals surface area contributed by atoms with E-state index in [0.717, 1.165) is 79.8 Å². The fourth-order valence-electron chi connectivity index (χ4n) is 7.51. The molecule has 2 aromatic carbocycles. The van der Waals surface area contributed by atoms with Crippen molar-refractivity contribution in [1.29, 1.82) is 0 Å². The predicted octanol–water partition coefficient (Wildman–Crippen LogP) is 6.46. The van der Waals surface area contributed by atoms with E-state index in [1.54, 1.807) is 27.3 Å². The topological polar surface area (TPSA) is 110 Å². The van der Waals surface area contributed by atoms with Gasteiger partial charge in [0.05, 0.1) is 41.8 Å². The molecule has 0 unspecified atom stereocenters. The lowest BCUT2D eigenvalue weighted by molar-refractivity contribution is -0.157. The third-order valence-electron chi connectivity index (χ3n) is 10.0. The Kier molecular flexibility index (Phi) is 9.69. The van der Waals surface area contributed by atoms with Crippen molar-refractivity contribution in [2.24, 2.45) is 5.41 Å². The van der Waals surface area contributed by atoms with Crippen LogP contribution in [0.2, 0.25) is 10.0 Å². The first-order chi connectivity index (χ1) is 24.2. The van der Waals surface area contributed by atoms with Crippen LogP contribution >= 0.6 is 23.2 Å². The highest BCUT2D eigenvalue weighted by atomic mass is 35.5. The molecule has 3 saturated heterocycles. The molecule has 260 valence electrons. The highest BCUT2D eigenvalue weighted by Crippen LogP contribution is 2.43. The summed E-state index contributed by atoms with van der Waals surface area (Å²) in [5.74, 6) is 1.29. The maximum absolute atomic E-state index is 11.6. The Balaban J connectivity index is 1.08. The SMILES string of the molecule is COc1nc(-c2cccc(-c3cccc(-c4cnc(CN5CC6(C5)CN(C(C)=O)C6)c(OC)n4)c3Cl)c2Cl)ccc1CCC[C@@H]1CCC(=O)N1. The molecule has 0 aliphatic carbocycles. The maximum Gasteiger partial charge on any atom is 0.237 e. The summed E-state index contributed by atoms with van der Waals surface area (Å²) < 4.78 is 11.4. The zero-order valence-electron chi connectivity index (χ0n) is 28.5. The zero-order valence-corrected chi connectivity index (χ0v) is 30.0. The lowest BCUT2D eigenvalue weighted by atomic mass is 9.73. The van der Waals surface area contributed by atoms with Crippen LogP contribution in [0.5, 0.6) is 11.8 Å². The molecule has 0 radical (unpaired) electrons. The quantitative estimate of drug-likeness (QED) is 0.189. The van der Waals surface area contributed by atoms with Crippen LogP contribution in [0.25, 0.3) is 33.6 Å². The van der Waals surface area contributed by atoms with Crippen molar-refractivity contribution in [2.75, 3.05) is 40.4 Å². The number of hydrogen-bond donors (Lipinski definition) is 1. The predicted molar refractivity (Wildman–Crippen MR) is 193 cm³/mol. The van der Waals surface area contributed by atoms with Gasteiger partial charge in [-0.15, -0.1) is 0 Å². The van der Waals surface area contributed by atoms with E-state index in [9.17, 15) is 9.59 Å². The number of rotatable bonds is 11. The minimum absolute atomic E-state index is 0.137. The van der Waals surface area contributed by atoms with Crippen LogP contribution < -0.4 is 14.8 Å². The second-order valence-electron chi connectivity index (χ2n) is 13.6. The first-order valence-electron chi connectivity index (χ1n) is 17.0. The lowest BCUT2D eigenvalue weighted by Crippen LogP contribution is -2.72. The number of carbonyl (C=O) groups is 2. The van der Waals surface area contributed by atoms with Gasteiger partial charge in [-0.25, -0.2) is 9.97 Å². The molecule has 0 bridgehead atoms. The molecule has 50 heavy (non-hydrogen) atoms. The summed E-state index contributed by atoms with van der Waals surface area (Å²) in [5, 5.41) is 4.06. The molecule has 2 aromatic heterocycles. The molecule has 5 heterocycles. The number of nitrogens with one attached hydrogen (secondary N) is 1. The average Bonchev–Trinajstić information content (AvgIpc) is 3.50. The molecule has 10 nitrogen and oxygen atoms in total. The fourth-order valence-corrected chi connectivity index (χ4v) is 8.15. The van der Waals surface area contributed by atoms with Gasteiger partial charge < -0.3 is 19.7 Å². The fraction of sp³-hybridized carbons (Fsp3) is 0.395. The second-order valence-corrected chi connectivity index (χ2v) is 14.4. The Morgan fingerprint density at radius 3 is 2.16 bits per heavy atom. The van der Waals surface area contributed by atoms with Crippen LogP contribution in [-0.4, -0.2) is 83.0 Å². The number of halogens is 2. The molecule has 3 aliphatic heterocycles. The maximum atomic E-state index is 11.6. The molecule has 4 aromatic rings. The molecule has 1 spiro atoms. The standard InChI is InChI=1S/C38H40Cl2N6O4/c1-23(47)46-21-38(22-46)19-45(20-38)18-32-37(50-3)44-31(17-41-32)29-12-6-10-27(35(29)40)26-9-5-11-28(34(26)39)30-15-13-24(36(43-30)49-2)7-4-8-25-14-16-33(48)42-25/h5-6,9-13,15,17,25H,4,7-8,14,16,18-22H2,1-3H3,(H,42,48)/t25-/m1/s1. The van der Waals surface area contributed by atoms with Gasteiger partial charge in [0.2, 0.25) is 23.6 Å². The van der Waals surface area contributed by atoms with Gasteiger partial charge in [0.15, 0.2) is 0 Å². The van der Waals surface area contributed by atoms with E-state index < -0.39 is 0 Å². The number of pyridine rings is 1. The summed E-state index contributed by atoms with van der Waals surface area (Å²) in [5.41, 5.74) is 6.27. The Bertz CT molecular complexity index is 1940. The minimum atomic E-state index is 0.137. The van der Waals surface area contributed by atoms with Crippen molar-refractivity contribution < 1.29 is 19.1 Å². The van der Waals surface area contributed by atoms with Crippen LogP contribution in [-0.2, 0) is 22.6 Å². The molecule has 2 amide bonds. The summed E-state index contributed by atoms with van der Waals surface area (Å²) >= 11 is 14.2. The van der Waals surface area contributed by atoms with Gasteiger partial charge in [0.25, 0.3) is 0 Å². The Morgan fingerprint density at radius 2 is 1.54 bits per heavy atom. The molecule has 7 rings (SSSR count). The Hall–Kier alpha value is -4.25. The van der Waals surface area contributed by atoms with E-state index in [1.807, 2.05) is 53.4 Å². The largest absolute Gasteiger partial charge is 0.481 e. The normalized spacial score (nSPS) is 18.1. The van der Waals surface area contributed by atoms with Crippen molar-refractivity contribution in [2.45, 2.75) is 51.6 Å². The summed E-state index contributed by atoms with van der Waals surface area (Å²) in [6.45, 7) is 5.73. The highest BCUT2D eigenvalue weighted by molar-refractivity contribution is 6.39. The van der Waals surface area contributed by atoms with E-state index in [2.05, 4.69) is 10.2 Å². The van der Waals surface area contributed by atoms with Crippen LogP contribution in [0, 0.1) is 5.41 Å². The number of hydrogen-bond acceptors (Lipinski definition) is 8. The van der Waals surface area contributed by atoms with Crippen molar-refractivity contribution in [1.82, 2.24) is 30.1 Å². The summed E-state index contributed by atoms with van der Waals surface area (Å²) in [4.78, 5) is 41.7. The van der Waals surface area contributed by atoms with Crippen LogP contribution in [0.3, 0.4) is 0 Å². The molecule has 12 heteroatoms. The number of aromatic nitrogens is 3. The molecular formula is C38H40Cl2N6O4. The van der Waals surface area contributed by atoms with Gasteiger partial charge in [0.1, 0.15) is 5.69 Å². The third-order valence-corrected chi connectivity index (χ3v) is 10.9. The number of ether oxygens (including phenoxy) is 2. The summed E-state index contributed by atoms with van der Waals surface area (Å²) in [6, 6.07) is 15.9. The van der Waals surface area contributed by atoms with Crippen LogP contribution in [0.15, 0.2) is 54.7 Å². The number of benzene rings is 2. The van der Waals surface area contributed by atoms with E-state index in [4.69, 9.17) is 47.6 Å². The minimum Gasteiger partial charge on any atom is -0.481 e. The van der Waals surface area contributed by atoms with Crippen molar-refractivity contribution in [3.8, 4) is 45.4 Å². The van der Waals surface area contributed by atoms with Gasteiger partial charge in [-0.1, -0.05) is 65.7 Å². The Morgan fingerprint density at radius 1 is 0.900 bits per heavy atom. The number of methoxy groups -OCH3 is 2. The Labute approximate surface area is 302 Å². The number of carbonyl (C=O) groups excluding carboxylic acids is 2. The number of likely N-dealkylation sites (tertiary alicyclic amines) is 2. The molecular weight excluding hydrogens is 675 g/mol. The molecule has 1 N–H and O–H groups in total. The van der Waals surface area contributed by atoms with Gasteiger partial charge in [0, 0.05) is 85.3 Å². The van der Waals surface area contributed by atoms with Gasteiger partial charge in [-0.05, 0) is 31.7 Å². The van der Waals surface area contributed by atoms with Gasteiger partial charge in [-0.2, -0.15) is 0 Å². The van der Waals surface area contributed by atoms with E-state index in [-0.39, 0.29) is 23.3 Å². The molecule has 1 atom stereocenters. The molecule has 3 fully saturated rings. The van der Waals surface area contributed by atoms with E-state index in [1.165, 1.54) is 0 Å². The number of aryl methyl sites for hydroxylation is 1. The van der Waals surface area contributed by atoms with E-state index in [0.29, 0.717) is 51.7 Å². The second kappa shape index (κ2) is 14.2. The van der Waals surface area contributed by atoms with Gasteiger partial charge in [-0.3, -0.25) is 19.5 Å². The van der Waals surface area contributed by atoms with Crippen molar-refractivity contribution >= 4 is 35.0 Å². The smallest absolute Gasteiger partial charge is 0.237 e. The highest BCUT2D eigenvalue weighted by Gasteiger charge is 2.52. The van der Waals surface area contributed by atoms with Gasteiger partial charge >= 0.3 is 0 Å². The molecule has 3 aliphatic rings. The summed E-state index contributed by atoms with van der Waals surface area (Å²) in [7, 11) is 3.22. The lowest BCUT2D eigenvalue weighted by Gasteiger charge is -2.60. The van der Waals surface area contributed by atoms with Crippen molar-refractivity contribution in [3.63, 3.8) is 0 Å². The van der Waals surface area contributed by atoms with Crippen LogP contribution in [0.4, 0.5) is 0 Å². The first-order valence-corrected chi connectivity index (χ1v) is 17.7. The van der Waals surface area contributed by atoms with E-state index >= 15 is 0 Å². The first kappa shape index (κ1) is 34.2. The summed E-state index contributed by atoms with van der Waals surface area (Å²) in [6.07, 6.45) is 5.89.